The van der Waals surface area contributed by atoms with Gasteiger partial charge in [0.2, 0.25) is 5.78 Å². The Labute approximate surface area is 196 Å². The molecule has 0 aliphatic carbocycles. The van der Waals surface area contributed by atoms with Gasteiger partial charge in [0, 0.05) is 31.6 Å². The van der Waals surface area contributed by atoms with Crippen LogP contribution >= 0.6 is 0 Å². The third kappa shape index (κ3) is 4.22. The van der Waals surface area contributed by atoms with Gasteiger partial charge in [-0.25, -0.2) is 4.39 Å². The Balaban J connectivity index is 1.45. The van der Waals surface area contributed by atoms with E-state index in [4.69, 9.17) is 9.15 Å². The van der Waals surface area contributed by atoms with Crippen LogP contribution in [0.4, 0.5) is 4.39 Å². The zero-order valence-corrected chi connectivity index (χ0v) is 18.6. The van der Waals surface area contributed by atoms with Crippen molar-refractivity contribution in [1.29, 1.82) is 0 Å². The number of Topliss-reactive ketones (excluding diaryl/α,β-unsaturated/α-hetero) is 1. The molecule has 2 aliphatic rings. The fourth-order valence-corrected chi connectivity index (χ4v) is 4.62. The van der Waals surface area contributed by atoms with Gasteiger partial charge in [0.25, 0.3) is 5.91 Å². The van der Waals surface area contributed by atoms with Crippen LogP contribution in [0, 0.1) is 5.82 Å². The highest BCUT2D eigenvalue weighted by atomic mass is 19.1. The van der Waals surface area contributed by atoms with E-state index < -0.39 is 29.3 Å². The maximum Gasteiger partial charge on any atom is 0.290 e. The highest BCUT2D eigenvalue weighted by Gasteiger charge is 2.44. The summed E-state index contributed by atoms with van der Waals surface area (Å²) in [5, 5.41) is 11.5. The fourth-order valence-electron chi connectivity index (χ4n) is 4.62. The monoisotopic (exact) mass is 464 g/mol. The van der Waals surface area contributed by atoms with Crippen LogP contribution in [0.15, 0.2) is 70.3 Å². The molecule has 1 fully saturated rings. The molecule has 1 atom stereocenters. The van der Waals surface area contributed by atoms with Gasteiger partial charge in [-0.2, -0.15) is 0 Å². The second-order valence-corrected chi connectivity index (χ2v) is 8.50. The highest BCUT2D eigenvalue weighted by molar-refractivity contribution is 6.16. The summed E-state index contributed by atoms with van der Waals surface area (Å²) in [5.74, 6) is -2.16. The molecular weight excluding hydrogens is 439 g/mol. The molecule has 0 unspecified atom stereocenters. The van der Waals surface area contributed by atoms with E-state index in [1.165, 1.54) is 29.2 Å². The van der Waals surface area contributed by atoms with Gasteiger partial charge in [-0.3, -0.25) is 14.5 Å². The summed E-state index contributed by atoms with van der Waals surface area (Å²) in [6, 6.07) is 13.6. The van der Waals surface area contributed by atoms with Crippen molar-refractivity contribution < 1.29 is 28.2 Å². The molecule has 3 heterocycles. The van der Waals surface area contributed by atoms with E-state index in [0.29, 0.717) is 37.3 Å². The van der Waals surface area contributed by atoms with Crippen LogP contribution in [0.2, 0.25) is 0 Å². The van der Waals surface area contributed by atoms with E-state index in [2.05, 4.69) is 4.90 Å². The molecule has 34 heavy (non-hydrogen) atoms. The van der Waals surface area contributed by atoms with Gasteiger partial charge in [-0.15, -0.1) is 0 Å². The molecule has 3 aromatic rings. The first kappa shape index (κ1) is 22.3. The number of aliphatic hydroxyl groups is 1. The van der Waals surface area contributed by atoms with Gasteiger partial charge >= 0.3 is 0 Å². The molecule has 2 aromatic carbocycles. The summed E-state index contributed by atoms with van der Waals surface area (Å²) in [4.78, 5) is 30.3. The summed E-state index contributed by atoms with van der Waals surface area (Å²) >= 11 is 0. The summed E-state index contributed by atoms with van der Waals surface area (Å²) in [6.45, 7) is 4.11. The van der Waals surface area contributed by atoms with Crippen LogP contribution < -0.4 is 0 Å². The highest BCUT2D eigenvalue weighted by Crippen LogP contribution is 2.39. The van der Waals surface area contributed by atoms with Gasteiger partial charge in [0.05, 0.1) is 24.8 Å². The van der Waals surface area contributed by atoms with E-state index in [0.717, 1.165) is 25.0 Å². The summed E-state index contributed by atoms with van der Waals surface area (Å²) in [6.07, 6.45) is 0.656. The van der Waals surface area contributed by atoms with E-state index in [1.54, 1.807) is 18.2 Å². The molecule has 8 heteroatoms. The third-order valence-corrected chi connectivity index (χ3v) is 6.36. The van der Waals surface area contributed by atoms with Crippen LogP contribution in [0.3, 0.4) is 0 Å². The average Bonchev–Trinajstić information content (AvgIpc) is 3.40. The minimum Gasteiger partial charge on any atom is -0.503 e. The molecule has 0 spiro atoms. The van der Waals surface area contributed by atoms with E-state index in [-0.39, 0.29) is 11.3 Å². The normalized spacial score (nSPS) is 19.4. The lowest BCUT2D eigenvalue weighted by molar-refractivity contribution is -0.129. The zero-order chi connectivity index (χ0) is 23.7. The minimum absolute atomic E-state index is 0.0397. The second kappa shape index (κ2) is 9.40. The van der Waals surface area contributed by atoms with Crippen LogP contribution in [0.5, 0.6) is 0 Å². The molecule has 0 saturated carbocycles. The number of nitrogens with zero attached hydrogens (tertiary/aromatic N) is 2. The number of carbonyl (C=O) groups is 2. The topological polar surface area (TPSA) is 83.2 Å². The maximum atomic E-state index is 13.6. The van der Waals surface area contributed by atoms with Gasteiger partial charge in [0.15, 0.2) is 11.5 Å². The van der Waals surface area contributed by atoms with Crippen LogP contribution in [0.1, 0.15) is 28.6 Å². The first-order valence-corrected chi connectivity index (χ1v) is 11.4. The number of amides is 1. The van der Waals surface area contributed by atoms with E-state index >= 15 is 0 Å². The lowest BCUT2D eigenvalue weighted by atomic mass is 9.95. The molecule has 0 radical (unpaired) electrons. The van der Waals surface area contributed by atoms with Crippen molar-refractivity contribution in [3.05, 3.63) is 83.1 Å². The third-order valence-electron chi connectivity index (χ3n) is 6.36. The molecule has 0 bridgehead atoms. The number of furan rings is 1. The van der Waals surface area contributed by atoms with E-state index in [1.807, 2.05) is 12.1 Å². The lowest BCUT2D eigenvalue weighted by Gasteiger charge is -2.30. The predicted octanol–water partition coefficient (Wildman–Crippen LogP) is 3.87. The smallest absolute Gasteiger partial charge is 0.290 e. The number of halogens is 1. The summed E-state index contributed by atoms with van der Waals surface area (Å²) < 4.78 is 24.7. The minimum atomic E-state index is -0.835. The number of aliphatic hydroxyl groups excluding tert-OH is 1. The van der Waals surface area contributed by atoms with Crippen molar-refractivity contribution in [3.8, 4) is 0 Å². The van der Waals surface area contributed by atoms with Gasteiger partial charge in [0.1, 0.15) is 11.4 Å². The number of benzene rings is 2. The molecule has 1 amide bonds. The van der Waals surface area contributed by atoms with Crippen LogP contribution in [-0.4, -0.2) is 66.0 Å². The Kier molecular flexibility index (Phi) is 6.17. The standard InChI is InChI=1S/C26H25FN2O5/c27-19-8-6-17(7-9-19)23-22(24(30)21-16-18-4-1-2-5-20(18)34-21)25(31)26(32)29(23)11-3-10-28-12-14-33-15-13-28/h1-2,4-9,16,23,31H,3,10-15H2/t23-/m1/s1. The Morgan fingerprint density at radius 2 is 1.79 bits per heavy atom. The summed E-state index contributed by atoms with van der Waals surface area (Å²) in [5.41, 5.74) is 1.03. The molecule has 1 N–H and O–H groups in total. The molecule has 5 rings (SSSR count). The van der Waals surface area contributed by atoms with Crippen molar-refractivity contribution in [2.75, 3.05) is 39.4 Å². The Hall–Kier alpha value is -3.49. The largest absolute Gasteiger partial charge is 0.503 e. The summed E-state index contributed by atoms with van der Waals surface area (Å²) in [7, 11) is 0. The second-order valence-electron chi connectivity index (χ2n) is 8.50. The lowest BCUT2D eigenvalue weighted by Crippen LogP contribution is -2.39. The van der Waals surface area contributed by atoms with Crippen LogP contribution in [0.25, 0.3) is 11.0 Å². The number of para-hydroxylation sites is 1. The van der Waals surface area contributed by atoms with Crippen molar-refractivity contribution in [2.24, 2.45) is 0 Å². The average molecular weight is 464 g/mol. The maximum absolute atomic E-state index is 13.6. The molecule has 7 nitrogen and oxygen atoms in total. The quantitative estimate of drug-likeness (QED) is 0.535. The van der Waals surface area contributed by atoms with Gasteiger partial charge in [-0.1, -0.05) is 30.3 Å². The van der Waals surface area contributed by atoms with E-state index in [9.17, 15) is 19.1 Å². The Morgan fingerprint density at radius 3 is 2.53 bits per heavy atom. The molecule has 1 aromatic heterocycles. The zero-order valence-electron chi connectivity index (χ0n) is 18.6. The molecular formula is C26H25FN2O5. The molecule has 2 aliphatic heterocycles. The fraction of sp³-hybridized carbons (Fsp3) is 0.308. The van der Waals surface area contributed by atoms with Crippen molar-refractivity contribution in [2.45, 2.75) is 12.5 Å². The first-order valence-electron chi connectivity index (χ1n) is 11.4. The van der Waals surface area contributed by atoms with Crippen molar-refractivity contribution >= 4 is 22.7 Å². The number of hydrogen-bond donors (Lipinski definition) is 1. The number of rotatable bonds is 7. The molecule has 176 valence electrons. The van der Waals surface area contributed by atoms with Crippen molar-refractivity contribution in [1.82, 2.24) is 9.80 Å². The Morgan fingerprint density at radius 1 is 1.06 bits per heavy atom. The number of fused-ring (bicyclic) bond motifs is 1. The number of hydrogen-bond acceptors (Lipinski definition) is 6. The number of carbonyl (C=O) groups excluding carboxylic acids is 2. The molecule has 1 saturated heterocycles. The van der Waals surface area contributed by atoms with Gasteiger partial charge < -0.3 is 19.2 Å². The van der Waals surface area contributed by atoms with Crippen LogP contribution in [-0.2, 0) is 9.53 Å². The number of ether oxygens (including phenoxy) is 1. The van der Waals surface area contributed by atoms with Gasteiger partial charge in [-0.05, 0) is 36.2 Å². The Bertz CT molecular complexity index is 1210. The van der Waals surface area contributed by atoms with Crippen molar-refractivity contribution in [3.63, 3.8) is 0 Å². The first-order chi connectivity index (χ1) is 16.5. The number of morpholine rings is 1. The number of ketones is 1. The predicted molar refractivity (Wildman–Crippen MR) is 123 cm³/mol. The SMILES string of the molecule is O=C(C1=C(O)C(=O)N(CCCN2CCOCC2)[C@@H]1c1ccc(F)cc1)c1cc2ccccc2o1.